The second-order valence-corrected chi connectivity index (χ2v) is 8.31. The zero-order valence-electron chi connectivity index (χ0n) is 18.7. The van der Waals surface area contributed by atoms with Crippen LogP contribution in [0.3, 0.4) is 0 Å². The minimum Gasteiger partial charge on any atom is -0.473 e. The molecule has 0 saturated carbocycles. The summed E-state index contributed by atoms with van der Waals surface area (Å²) in [6, 6.07) is 16.8. The van der Waals surface area contributed by atoms with Gasteiger partial charge in [-0.3, -0.25) is 9.69 Å². The molecule has 0 aromatic heterocycles. The molecule has 2 heterocycles. The molecule has 1 fully saturated rings. The highest BCUT2D eigenvalue weighted by atomic mass is 16.4. The van der Waals surface area contributed by atoms with Gasteiger partial charge in [0.2, 0.25) is 5.91 Å². The van der Waals surface area contributed by atoms with Crippen molar-refractivity contribution in [2.75, 3.05) is 36.4 Å². The van der Waals surface area contributed by atoms with Crippen molar-refractivity contribution in [1.29, 1.82) is 0 Å². The molecule has 0 unspecified atom stereocenters. The Balaban J connectivity index is 0.000000454. The number of nitrogens with zero attached hydrogens (tertiary/aromatic N) is 2. The number of rotatable bonds is 4. The largest absolute Gasteiger partial charge is 0.473 e. The fourth-order valence-corrected chi connectivity index (χ4v) is 4.25. The monoisotopic (exact) mass is 453 g/mol. The molecular weight excluding hydrogens is 422 g/mol. The van der Waals surface area contributed by atoms with Gasteiger partial charge in [-0.1, -0.05) is 49.2 Å². The lowest BCUT2D eigenvalue weighted by molar-refractivity contribution is -0.159. The van der Waals surface area contributed by atoms with E-state index < -0.39 is 11.9 Å². The van der Waals surface area contributed by atoms with E-state index in [0.29, 0.717) is 6.54 Å². The third-order valence-electron chi connectivity index (χ3n) is 5.88. The van der Waals surface area contributed by atoms with Crippen molar-refractivity contribution < 1.29 is 24.6 Å². The maximum Gasteiger partial charge on any atom is 0.414 e. The normalized spacial score (nSPS) is 15.9. The SMILES string of the molecule is O=C(CN1CCc2ccccc2C1)Nc1ccccc1N1CCCCCC1.O=C(O)C(=O)O. The summed E-state index contributed by atoms with van der Waals surface area (Å²) >= 11 is 0. The van der Waals surface area contributed by atoms with Gasteiger partial charge in [-0.15, -0.1) is 0 Å². The third-order valence-corrected chi connectivity index (χ3v) is 5.88. The Morgan fingerprint density at radius 1 is 0.788 bits per heavy atom. The Labute approximate surface area is 193 Å². The van der Waals surface area contributed by atoms with E-state index in [1.807, 2.05) is 12.1 Å². The summed E-state index contributed by atoms with van der Waals surface area (Å²) in [6.07, 6.45) is 6.10. The molecule has 0 radical (unpaired) electrons. The van der Waals surface area contributed by atoms with E-state index in [2.05, 4.69) is 51.5 Å². The number of aliphatic carboxylic acids is 2. The molecule has 176 valence electrons. The Morgan fingerprint density at radius 3 is 2.06 bits per heavy atom. The van der Waals surface area contributed by atoms with Gasteiger partial charge in [0.15, 0.2) is 0 Å². The number of nitrogens with one attached hydrogen (secondary N) is 1. The summed E-state index contributed by atoms with van der Waals surface area (Å²) in [6.45, 7) is 4.41. The van der Waals surface area contributed by atoms with Crippen molar-refractivity contribution in [3.05, 3.63) is 59.7 Å². The lowest BCUT2D eigenvalue weighted by Gasteiger charge is -2.29. The first-order valence-electron chi connectivity index (χ1n) is 11.3. The maximum absolute atomic E-state index is 12.7. The molecule has 2 aromatic rings. The number of carboxylic acids is 2. The molecule has 1 amide bonds. The van der Waals surface area contributed by atoms with E-state index in [1.54, 1.807) is 0 Å². The number of fused-ring (bicyclic) bond motifs is 1. The van der Waals surface area contributed by atoms with E-state index in [-0.39, 0.29) is 5.91 Å². The number of hydrogen-bond acceptors (Lipinski definition) is 5. The molecule has 3 N–H and O–H groups in total. The van der Waals surface area contributed by atoms with Crippen molar-refractivity contribution in [1.82, 2.24) is 4.90 Å². The van der Waals surface area contributed by atoms with Crippen LogP contribution in [0.1, 0.15) is 36.8 Å². The molecule has 2 aliphatic rings. The first-order chi connectivity index (χ1) is 15.9. The number of hydrogen-bond donors (Lipinski definition) is 3. The van der Waals surface area contributed by atoms with Crippen LogP contribution in [0.5, 0.6) is 0 Å². The fraction of sp³-hybridized carbons (Fsp3) is 0.400. The third kappa shape index (κ3) is 7.32. The molecule has 0 aliphatic carbocycles. The molecular formula is C25H31N3O5. The summed E-state index contributed by atoms with van der Waals surface area (Å²) in [5.74, 6) is -3.57. The lowest BCUT2D eigenvalue weighted by atomic mass is 10.00. The summed E-state index contributed by atoms with van der Waals surface area (Å²) in [4.78, 5) is 35.6. The van der Waals surface area contributed by atoms with Gasteiger partial charge in [0, 0.05) is 26.2 Å². The van der Waals surface area contributed by atoms with Crippen molar-refractivity contribution >= 4 is 29.2 Å². The molecule has 33 heavy (non-hydrogen) atoms. The maximum atomic E-state index is 12.7. The fourth-order valence-electron chi connectivity index (χ4n) is 4.25. The van der Waals surface area contributed by atoms with Gasteiger partial charge in [0.25, 0.3) is 0 Å². The lowest BCUT2D eigenvalue weighted by Crippen LogP contribution is -2.37. The molecule has 0 bridgehead atoms. The zero-order chi connectivity index (χ0) is 23.6. The number of carbonyl (C=O) groups is 3. The Kier molecular flexibility index (Phi) is 8.83. The topological polar surface area (TPSA) is 110 Å². The van der Waals surface area contributed by atoms with Crippen LogP contribution < -0.4 is 10.2 Å². The summed E-state index contributed by atoms with van der Waals surface area (Å²) in [5.41, 5.74) is 4.88. The molecule has 0 spiro atoms. The minimum atomic E-state index is -1.82. The highest BCUT2D eigenvalue weighted by Crippen LogP contribution is 2.28. The van der Waals surface area contributed by atoms with Crippen molar-refractivity contribution in [3.63, 3.8) is 0 Å². The van der Waals surface area contributed by atoms with Crippen LogP contribution in [0, 0.1) is 0 Å². The van der Waals surface area contributed by atoms with Crippen LogP contribution in [-0.2, 0) is 27.3 Å². The van der Waals surface area contributed by atoms with E-state index >= 15 is 0 Å². The highest BCUT2D eigenvalue weighted by Gasteiger charge is 2.19. The molecule has 4 rings (SSSR count). The molecule has 2 aliphatic heterocycles. The minimum absolute atomic E-state index is 0.0802. The first-order valence-corrected chi connectivity index (χ1v) is 11.3. The van der Waals surface area contributed by atoms with Gasteiger partial charge in [-0.2, -0.15) is 0 Å². The van der Waals surface area contributed by atoms with Crippen LogP contribution >= 0.6 is 0 Å². The molecule has 8 nitrogen and oxygen atoms in total. The smallest absolute Gasteiger partial charge is 0.414 e. The first kappa shape index (κ1) is 24.3. The van der Waals surface area contributed by atoms with Crippen molar-refractivity contribution in [2.24, 2.45) is 0 Å². The molecule has 8 heteroatoms. The van der Waals surface area contributed by atoms with Gasteiger partial charge in [0.05, 0.1) is 17.9 Å². The number of carbonyl (C=O) groups excluding carboxylic acids is 1. The van der Waals surface area contributed by atoms with Crippen LogP contribution in [0.15, 0.2) is 48.5 Å². The summed E-state index contributed by atoms with van der Waals surface area (Å²) < 4.78 is 0. The summed E-state index contributed by atoms with van der Waals surface area (Å²) in [5, 5.41) is 18.0. The number of benzene rings is 2. The van der Waals surface area contributed by atoms with Crippen LogP contribution in [0.4, 0.5) is 11.4 Å². The molecule has 1 saturated heterocycles. The van der Waals surface area contributed by atoms with Crippen LogP contribution in [-0.4, -0.2) is 59.1 Å². The van der Waals surface area contributed by atoms with Crippen molar-refractivity contribution in [2.45, 2.75) is 38.6 Å². The Bertz CT molecular complexity index is 958. The number of para-hydroxylation sites is 2. The average molecular weight is 454 g/mol. The van der Waals surface area contributed by atoms with E-state index in [9.17, 15) is 4.79 Å². The number of anilines is 2. The van der Waals surface area contributed by atoms with Crippen LogP contribution in [0.2, 0.25) is 0 Å². The quantitative estimate of drug-likeness (QED) is 0.610. The van der Waals surface area contributed by atoms with Gasteiger partial charge >= 0.3 is 11.9 Å². The Hall–Kier alpha value is -3.39. The zero-order valence-corrected chi connectivity index (χ0v) is 18.7. The molecule has 2 aromatic carbocycles. The Morgan fingerprint density at radius 2 is 1.39 bits per heavy atom. The standard InChI is InChI=1S/C23H29N3O.C2H2O4/c27-23(18-25-16-13-19-9-3-4-10-20(19)17-25)24-21-11-5-6-12-22(21)26-14-7-1-2-8-15-26;3-1(4)2(5)6/h3-6,9-12H,1-2,7-8,13-18H2,(H,24,27);(H,3,4)(H,5,6). The average Bonchev–Trinajstić information content (AvgIpc) is 3.09. The predicted molar refractivity (Wildman–Crippen MR) is 126 cm³/mol. The van der Waals surface area contributed by atoms with Gasteiger partial charge in [-0.25, -0.2) is 9.59 Å². The van der Waals surface area contributed by atoms with Gasteiger partial charge in [0.1, 0.15) is 0 Å². The van der Waals surface area contributed by atoms with Gasteiger partial charge in [-0.05, 0) is 42.5 Å². The van der Waals surface area contributed by atoms with Crippen molar-refractivity contribution in [3.8, 4) is 0 Å². The second kappa shape index (κ2) is 12.0. The number of amides is 1. The van der Waals surface area contributed by atoms with Gasteiger partial charge < -0.3 is 20.4 Å². The second-order valence-electron chi connectivity index (χ2n) is 8.31. The number of carboxylic acid groups (broad SMARTS) is 2. The van der Waals surface area contributed by atoms with E-state index in [4.69, 9.17) is 19.8 Å². The van der Waals surface area contributed by atoms with E-state index in [1.165, 1.54) is 36.8 Å². The molecule has 0 atom stereocenters. The predicted octanol–water partition coefficient (Wildman–Crippen LogP) is 3.22. The highest BCUT2D eigenvalue weighted by molar-refractivity contribution is 6.27. The van der Waals surface area contributed by atoms with E-state index in [0.717, 1.165) is 44.0 Å². The van der Waals surface area contributed by atoms with Crippen LogP contribution in [0.25, 0.3) is 0 Å². The summed E-state index contributed by atoms with van der Waals surface area (Å²) in [7, 11) is 0.